The molecule has 0 aliphatic heterocycles. The van der Waals surface area contributed by atoms with E-state index in [1.165, 1.54) is 10.7 Å². The maximum atomic E-state index is 12.7. The van der Waals surface area contributed by atoms with Crippen molar-refractivity contribution in [1.82, 2.24) is 15.0 Å². The number of alkyl halides is 3. The molecule has 0 amide bonds. The van der Waals surface area contributed by atoms with E-state index in [2.05, 4.69) is 10.3 Å². The number of rotatable bonds is 2. The first-order valence-electron chi connectivity index (χ1n) is 5.66. The summed E-state index contributed by atoms with van der Waals surface area (Å²) in [7, 11) is 0. The van der Waals surface area contributed by atoms with Gasteiger partial charge in [0.1, 0.15) is 5.69 Å². The lowest BCUT2D eigenvalue weighted by molar-refractivity contribution is -0.137. The van der Waals surface area contributed by atoms with Crippen molar-refractivity contribution in [2.45, 2.75) is 26.1 Å². The van der Waals surface area contributed by atoms with Crippen molar-refractivity contribution in [3.8, 4) is 5.69 Å². The summed E-state index contributed by atoms with van der Waals surface area (Å²) in [6.07, 6.45) is -4.38. The molecule has 2 aromatic rings. The van der Waals surface area contributed by atoms with Gasteiger partial charge in [-0.2, -0.15) is 13.2 Å². The van der Waals surface area contributed by atoms with Crippen LogP contribution in [0.2, 0.25) is 0 Å². The summed E-state index contributed by atoms with van der Waals surface area (Å²) < 4.78 is 39.3. The van der Waals surface area contributed by atoms with Crippen LogP contribution in [0.5, 0.6) is 0 Å². The van der Waals surface area contributed by atoms with Gasteiger partial charge in [0, 0.05) is 6.04 Å². The summed E-state index contributed by atoms with van der Waals surface area (Å²) in [6.45, 7) is 3.46. The first kappa shape index (κ1) is 13.5. The monoisotopic (exact) mass is 270 g/mol. The Morgan fingerprint density at radius 3 is 2.53 bits per heavy atom. The summed E-state index contributed by atoms with van der Waals surface area (Å²) in [5.41, 5.74) is 6.50. The Labute approximate surface area is 108 Å². The van der Waals surface area contributed by atoms with Gasteiger partial charge in [-0.3, -0.25) is 0 Å². The Morgan fingerprint density at radius 2 is 2.00 bits per heavy atom. The maximum Gasteiger partial charge on any atom is 0.416 e. The molecule has 1 aromatic carbocycles. The molecule has 4 nitrogen and oxygen atoms in total. The van der Waals surface area contributed by atoms with Crippen LogP contribution >= 0.6 is 0 Å². The van der Waals surface area contributed by atoms with E-state index in [9.17, 15) is 13.2 Å². The summed E-state index contributed by atoms with van der Waals surface area (Å²) >= 11 is 0. The molecular weight excluding hydrogens is 257 g/mol. The molecule has 1 unspecified atom stereocenters. The van der Waals surface area contributed by atoms with Crippen LogP contribution in [0.3, 0.4) is 0 Å². The topological polar surface area (TPSA) is 56.7 Å². The van der Waals surface area contributed by atoms with E-state index in [0.29, 0.717) is 17.1 Å². The van der Waals surface area contributed by atoms with E-state index in [0.717, 1.165) is 12.1 Å². The number of halogens is 3. The molecule has 2 N–H and O–H groups in total. The molecule has 19 heavy (non-hydrogen) atoms. The molecule has 1 heterocycles. The summed E-state index contributed by atoms with van der Waals surface area (Å²) in [6, 6.07) is 4.61. The second kappa shape index (κ2) is 4.65. The van der Waals surface area contributed by atoms with Crippen molar-refractivity contribution < 1.29 is 13.2 Å². The normalized spacial score (nSPS) is 13.6. The Kier molecular flexibility index (Phi) is 3.32. The van der Waals surface area contributed by atoms with Gasteiger partial charge in [-0.1, -0.05) is 11.3 Å². The molecule has 1 atom stereocenters. The third kappa shape index (κ3) is 2.60. The predicted octanol–water partition coefficient (Wildman–Crippen LogP) is 2.61. The van der Waals surface area contributed by atoms with Gasteiger partial charge in [-0.25, -0.2) is 4.68 Å². The average Bonchev–Trinajstić information content (AvgIpc) is 2.70. The van der Waals surface area contributed by atoms with E-state index in [1.54, 1.807) is 19.9 Å². The lowest BCUT2D eigenvalue weighted by Gasteiger charge is -2.09. The van der Waals surface area contributed by atoms with Crippen LogP contribution < -0.4 is 5.73 Å². The molecule has 0 aliphatic carbocycles. The molecule has 0 spiro atoms. The minimum absolute atomic E-state index is 0.312. The second-order valence-corrected chi connectivity index (χ2v) is 4.31. The van der Waals surface area contributed by atoms with Crippen LogP contribution in [-0.4, -0.2) is 15.0 Å². The average molecular weight is 270 g/mol. The number of nitrogens with zero attached hydrogens (tertiary/aromatic N) is 3. The Hall–Kier alpha value is -1.89. The smallest absolute Gasteiger partial charge is 0.323 e. The molecule has 0 bridgehead atoms. The van der Waals surface area contributed by atoms with Crippen LogP contribution in [0.4, 0.5) is 13.2 Å². The molecule has 7 heteroatoms. The number of nitrogens with two attached hydrogens (primary N) is 1. The summed E-state index contributed by atoms with van der Waals surface area (Å²) in [5.74, 6) is 0. The van der Waals surface area contributed by atoms with Crippen LogP contribution in [-0.2, 0) is 6.18 Å². The van der Waals surface area contributed by atoms with E-state index < -0.39 is 11.7 Å². The highest BCUT2D eigenvalue weighted by molar-refractivity contribution is 5.38. The van der Waals surface area contributed by atoms with Gasteiger partial charge in [0.25, 0.3) is 0 Å². The quantitative estimate of drug-likeness (QED) is 0.912. The van der Waals surface area contributed by atoms with E-state index >= 15 is 0 Å². The molecule has 102 valence electrons. The molecule has 0 fully saturated rings. The van der Waals surface area contributed by atoms with Gasteiger partial charge >= 0.3 is 6.18 Å². The highest BCUT2D eigenvalue weighted by atomic mass is 19.4. The first-order chi connectivity index (χ1) is 8.80. The van der Waals surface area contributed by atoms with E-state index in [4.69, 9.17) is 5.73 Å². The molecule has 0 saturated carbocycles. The van der Waals surface area contributed by atoms with Gasteiger partial charge in [0.2, 0.25) is 0 Å². The van der Waals surface area contributed by atoms with Crippen LogP contribution in [0, 0.1) is 6.92 Å². The van der Waals surface area contributed by atoms with Crippen molar-refractivity contribution >= 4 is 0 Å². The number of hydrogen-bond acceptors (Lipinski definition) is 3. The fraction of sp³-hybridized carbons (Fsp3) is 0.333. The molecule has 1 aromatic heterocycles. The highest BCUT2D eigenvalue weighted by Crippen LogP contribution is 2.30. The Morgan fingerprint density at radius 1 is 1.32 bits per heavy atom. The maximum absolute atomic E-state index is 12.7. The predicted molar refractivity (Wildman–Crippen MR) is 63.7 cm³/mol. The largest absolute Gasteiger partial charge is 0.416 e. The van der Waals surface area contributed by atoms with E-state index in [1.807, 2.05) is 0 Å². The van der Waals surface area contributed by atoms with Gasteiger partial charge in [-0.05, 0) is 32.0 Å². The zero-order chi connectivity index (χ0) is 14.2. The molecular formula is C12H13F3N4. The van der Waals surface area contributed by atoms with Crippen molar-refractivity contribution in [2.75, 3.05) is 0 Å². The summed E-state index contributed by atoms with van der Waals surface area (Å²) in [4.78, 5) is 0. The van der Waals surface area contributed by atoms with Gasteiger partial charge < -0.3 is 5.73 Å². The number of aromatic nitrogens is 3. The number of benzene rings is 1. The van der Waals surface area contributed by atoms with Crippen molar-refractivity contribution in [3.63, 3.8) is 0 Å². The molecule has 0 aliphatic rings. The van der Waals surface area contributed by atoms with Crippen LogP contribution in [0.15, 0.2) is 24.3 Å². The fourth-order valence-electron chi connectivity index (χ4n) is 1.82. The zero-order valence-electron chi connectivity index (χ0n) is 10.4. The lowest BCUT2D eigenvalue weighted by Crippen LogP contribution is -2.09. The van der Waals surface area contributed by atoms with Crippen LogP contribution in [0.1, 0.15) is 29.9 Å². The third-order valence-corrected chi connectivity index (χ3v) is 2.78. The fourth-order valence-corrected chi connectivity index (χ4v) is 1.82. The van der Waals surface area contributed by atoms with Gasteiger partial charge in [0.05, 0.1) is 16.9 Å². The Bertz CT molecular complexity index is 587. The zero-order valence-corrected chi connectivity index (χ0v) is 10.4. The van der Waals surface area contributed by atoms with Crippen molar-refractivity contribution in [2.24, 2.45) is 5.73 Å². The standard InChI is InChI=1S/C12H13F3N4/c1-7(16)11-8(2)19(18-17-11)10-5-3-4-9(6-10)12(13,14)15/h3-7H,16H2,1-2H3. The highest BCUT2D eigenvalue weighted by Gasteiger charge is 2.30. The van der Waals surface area contributed by atoms with Crippen LogP contribution in [0.25, 0.3) is 5.69 Å². The molecule has 0 saturated heterocycles. The third-order valence-electron chi connectivity index (χ3n) is 2.78. The van der Waals surface area contributed by atoms with Crippen molar-refractivity contribution in [1.29, 1.82) is 0 Å². The molecule has 0 radical (unpaired) electrons. The summed E-state index contributed by atoms with van der Waals surface area (Å²) in [5, 5.41) is 7.74. The lowest BCUT2D eigenvalue weighted by atomic mass is 10.2. The number of hydrogen-bond donors (Lipinski definition) is 1. The SMILES string of the molecule is Cc1c(C(C)N)nnn1-c1cccc(C(F)(F)F)c1. The van der Waals surface area contributed by atoms with E-state index in [-0.39, 0.29) is 6.04 Å². The van der Waals surface area contributed by atoms with Crippen molar-refractivity contribution in [3.05, 3.63) is 41.2 Å². The minimum Gasteiger partial charge on any atom is -0.323 e. The Balaban J connectivity index is 2.48. The molecule has 2 rings (SSSR count). The second-order valence-electron chi connectivity index (χ2n) is 4.31. The van der Waals surface area contributed by atoms with Gasteiger partial charge in [-0.15, -0.1) is 5.10 Å². The first-order valence-corrected chi connectivity index (χ1v) is 5.66. The minimum atomic E-state index is -4.38. The van der Waals surface area contributed by atoms with Gasteiger partial charge in [0.15, 0.2) is 0 Å².